The number of ether oxygens (including phenoxy) is 1. The molecule has 4 heterocycles. The van der Waals surface area contributed by atoms with Gasteiger partial charge in [0.15, 0.2) is 0 Å². The van der Waals surface area contributed by atoms with Crippen LogP contribution in [-0.2, 0) is 36.2 Å². The van der Waals surface area contributed by atoms with Gasteiger partial charge in [-0.25, -0.2) is 0 Å². The summed E-state index contributed by atoms with van der Waals surface area (Å²) in [6.07, 6.45) is 1.14. The highest BCUT2D eigenvalue weighted by molar-refractivity contribution is 5.71. The summed E-state index contributed by atoms with van der Waals surface area (Å²) in [4.78, 5) is 29.0. The van der Waals surface area contributed by atoms with E-state index in [9.17, 15) is 9.59 Å². The third-order valence-electron chi connectivity index (χ3n) is 6.31. The van der Waals surface area contributed by atoms with Crippen LogP contribution in [0.4, 0.5) is 0 Å². The number of aromatic nitrogens is 3. The lowest BCUT2D eigenvalue weighted by molar-refractivity contribution is -0.141. The molecule has 2 aliphatic rings. The van der Waals surface area contributed by atoms with Gasteiger partial charge in [0, 0.05) is 56.9 Å². The van der Waals surface area contributed by atoms with E-state index < -0.39 is 0 Å². The number of hydrogen-bond donors (Lipinski definition) is 0. The van der Waals surface area contributed by atoms with Crippen molar-refractivity contribution in [2.24, 2.45) is 13.0 Å². The highest BCUT2D eigenvalue weighted by atomic mass is 16.5. The van der Waals surface area contributed by atoms with Crippen molar-refractivity contribution in [2.45, 2.75) is 38.9 Å². The molecule has 2 atom stereocenters. The van der Waals surface area contributed by atoms with Crippen LogP contribution in [0, 0.1) is 12.8 Å². The van der Waals surface area contributed by atoms with E-state index in [0.717, 1.165) is 49.6 Å². The molecule has 2 bridgehead atoms. The van der Waals surface area contributed by atoms with E-state index in [0.29, 0.717) is 18.4 Å². The van der Waals surface area contributed by atoms with Crippen LogP contribution in [0.15, 0.2) is 23.0 Å². The molecule has 0 aliphatic carbocycles. The number of fused-ring (bicyclic) bond motifs is 4. The number of nitrogens with zero attached hydrogens (tertiary/aromatic N) is 5. The lowest BCUT2D eigenvalue weighted by atomic mass is 9.83. The fraction of sp³-hybridized carbons (Fsp3) is 0.591. The third-order valence-corrected chi connectivity index (χ3v) is 6.31. The zero-order valence-electron chi connectivity index (χ0n) is 18.3. The first-order valence-corrected chi connectivity index (χ1v) is 10.5. The Morgan fingerprint density at radius 2 is 2.10 bits per heavy atom. The Morgan fingerprint density at radius 3 is 2.80 bits per heavy atom. The quantitative estimate of drug-likeness (QED) is 0.661. The Hall–Kier alpha value is -2.45. The molecule has 0 spiro atoms. The molecule has 4 rings (SSSR count). The van der Waals surface area contributed by atoms with Crippen LogP contribution >= 0.6 is 0 Å². The second-order valence-corrected chi connectivity index (χ2v) is 8.84. The van der Waals surface area contributed by atoms with Crippen LogP contribution in [0.5, 0.6) is 0 Å². The number of esters is 1. The number of hydrogen-bond acceptors (Lipinski definition) is 6. The van der Waals surface area contributed by atoms with Crippen molar-refractivity contribution >= 4 is 5.97 Å². The van der Waals surface area contributed by atoms with Gasteiger partial charge in [0.2, 0.25) is 0 Å². The maximum absolute atomic E-state index is 13.2. The maximum Gasteiger partial charge on any atom is 0.319 e. The Kier molecular flexibility index (Phi) is 5.79. The van der Waals surface area contributed by atoms with E-state index in [-0.39, 0.29) is 18.1 Å². The number of rotatable bonds is 6. The molecular formula is C22H31N5O3. The van der Waals surface area contributed by atoms with E-state index in [1.54, 1.807) is 0 Å². The topological polar surface area (TPSA) is 72.6 Å². The first-order chi connectivity index (χ1) is 14.3. The number of carbonyl (C=O) groups excluding carboxylic acids is 1. The summed E-state index contributed by atoms with van der Waals surface area (Å²) in [5.74, 6) is 0.557. The summed E-state index contributed by atoms with van der Waals surface area (Å²) in [7, 11) is 5.20. The van der Waals surface area contributed by atoms with Gasteiger partial charge in [-0.1, -0.05) is 6.07 Å². The van der Waals surface area contributed by atoms with Crippen molar-refractivity contribution in [3.05, 3.63) is 51.2 Å². The summed E-state index contributed by atoms with van der Waals surface area (Å²) in [6, 6.07) is 6.20. The molecule has 0 saturated carbocycles. The summed E-state index contributed by atoms with van der Waals surface area (Å²) in [5.41, 5.74) is 4.23. The molecule has 0 radical (unpaired) electrons. The normalized spacial score (nSPS) is 21.0. The van der Waals surface area contributed by atoms with Crippen LogP contribution in [-0.4, -0.2) is 63.9 Å². The number of aryl methyl sites for hydroxylation is 2. The van der Waals surface area contributed by atoms with Gasteiger partial charge >= 0.3 is 5.97 Å². The highest BCUT2D eigenvalue weighted by Crippen LogP contribution is 2.35. The predicted octanol–water partition coefficient (Wildman–Crippen LogP) is 1.11. The summed E-state index contributed by atoms with van der Waals surface area (Å²) >= 11 is 0. The fourth-order valence-electron chi connectivity index (χ4n) is 5.01. The SMILES string of the molecule is COC(=O)CN(C)Cc1ccc2n(c1=O)C[C@H]1C[C@@H]2CN(Cc2cc(C)nn2C)C1. The average molecular weight is 414 g/mol. The van der Waals surface area contributed by atoms with Gasteiger partial charge in [-0.05, 0) is 38.4 Å². The first kappa shape index (κ1) is 20.8. The molecule has 8 nitrogen and oxygen atoms in total. The molecule has 0 amide bonds. The second kappa shape index (κ2) is 8.35. The van der Waals surface area contributed by atoms with Crippen molar-refractivity contribution in [1.82, 2.24) is 24.1 Å². The Labute approximate surface area is 177 Å². The monoisotopic (exact) mass is 413 g/mol. The number of likely N-dealkylation sites (N-methyl/N-ethyl adjacent to an activating group) is 1. The molecule has 0 unspecified atom stereocenters. The number of pyridine rings is 1. The van der Waals surface area contributed by atoms with Gasteiger partial charge in [0.25, 0.3) is 5.56 Å². The predicted molar refractivity (Wildman–Crippen MR) is 113 cm³/mol. The standard InChI is InChI=1S/C22H31N5O3/c1-15-7-19(25(3)23-15)13-26-9-16-8-18(12-26)20-6-5-17(22(29)27(20)10-16)11-24(2)14-21(28)30-4/h5-7,16,18H,8-14H2,1-4H3/t16-,18+/m0/s1. The molecule has 2 aromatic heterocycles. The minimum atomic E-state index is -0.297. The van der Waals surface area contributed by atoms with Crippen LogP contribution in [0.3, 0.4) is 0 Å². The van der Waals surface area contributed by atoms with E-state index >= 15 is 0 Å². The maximum atomic E-state index is 13.2. The second-order valence-electron chi connectivity index (χ2n) is 8.84. The van der Waals surface area contributed by atoms with Crippen molar-refractivity contribution in [3.63, 3.8) is 0 Å². The average Bonchev–Trinajstić information content (AvgIpc) is 3.01. The van der Waals surface area contributed by atoms with E-state index in [1.165, 1.54) is 12.8 Å². The molecule has 30 heavy (non-hydrogen) atoms. The lowest BCUT2D eigenvalue weighted by Gasteiger charge is -2.43. The number of piperidine rings is 1. The van der Waals surface area contributed by atoms with Gasteiger partial charge in [-0.15, -0.1) is 0 Å². The zero-order chi connectivity index (χ0) is 21.4. The fourth-order valence-corrected chi connectivity index (χ4v) is 5.01. The van der Waals surface area contributed by atoms with Gasteiger partial charge in [0.05, 0.1) is 25.0 Å². The summed E-state index contributed by atoms with van der Waals surface area (Å²) < 4.78 is 8.66. The smallest absolute Gasteiger partial charge is 0.319 e. The molecule has 1 fully saturated rings. The zero-order valence-corrected chi connectivity index (χ0v) is 18.3. The molecular weight excluding hydrogens is 382 g/mol. The molecule has 2 aromatic rings. The Bertz CT molecular complexity index is 995. The number of methoxy groups -OCH3 is 1. The number of carbonyl (C=O) groups is 1. The van der Waals surface area contributed by atoms with Crippen molar-refractivity contribution in [2.75, 3.05) is 33.8 Å². The number of likely N-dealkylation sites (tertiary alicyclic amines) is 1. The minimum absolute atomic E-state index is 0.0784. The minimum Gasteiger partial charge on any atom is -0.468 e. The van der Waals surface area contributed by atoms with Crippen LogP contribution in [0.25, 0.3) is 0 Å². The van der Waals surface area contributed by atoms with Crippen molar-refractivity contribution in [1.29, 1.82) is 0 Å². The highest BCUT2D eigenvalue weighted by Gasteiger charge is 2.35. The third kappa shape index (κ3) is 4.20. The molecule has 8 heteroatoms. The Balaban J connectivity index is 1.50. The van der Waals surface area contributed by atoms with Gasteiger partial charge < -0.3 is 9.30 Å². The largest absolute Gasteiger partial charge is 0.468 e. The van der Waals surface area contributed by atoms with Crippen LogP contribution in [0.1, 0.15) is 35.0 Å². The summed E-state index contributed by atoms with van der Waals surface area (Å²) in [6.45, 7) is 6.25. The van der Waals surface area contributed by atoms with E-state index in [4.69, 9.17) is 4.74 Å². The van der Waals surface area contributed by atoms with Crippen LogP contribution < -0.4 is 5.56 Å². The molecule has 162 valence electrons. The van der Waals surface area contributed by atoms with Crippen molar-refractivity contribution < 1.29 is 9.53 Å². The molecule has 0 N–H and O–H groups in total. The lowest BCUT2D eigenvalue weighted by Crippen LogP contribution is -2.47. The molecule has 0 aromatic carbocycles. The molecule has 2 aliphatic heterocycles. The summed E-state index contributed by atoms with van der Waals surface area (Å²) in [5, 5.41) is 4.46. The van der Waals surface area contributed by atoms with E-state index in [2.05, 4.69) is 22.1 Å². The van der Waals surface area contributed by atoms with Gasteiger partial charge in [-0.2, -0.15) is 5.10 Å². The van der Waals surface area contributed by atoms with Gasteiger partial charge in [-0.3, -0.25) is 24.1 Å². The first-order valence-electron chi connectivity index (χ1n) is 10.5. The van der Waals surface area contributed by atoms with Gasteiger partial charge in [0.1, 0.15) is 0 Å². The van der Waals surface area contributed by atoms with Crippen molar-refractivity contribution in [3.8, 4) is 0 Å². The van der Waals surface area contributed by atoms with E-state index in [1.807, 2.05) is 41.2 Å². The van der Waals surface area contributed by atoms with Crippen LogP contribution in [0.2, 0.25) is 0 Å². The molecule has 1 saturated heterocycles. The Morgan fingerprint density at radius 1 is 1.30 bits per heavy atom.